The molecule has 2 heteroatoms. The van der Waals surface area contributed by atoms with Gasteiger partial charge in [-0.25, -0.2) is 0 Å². The number of ether oxygens (including phenoxy) is 1. The first-order valence-corrected chi connectivity index (χ1v) is 7.95. The van der Waals surface area contributed by atoms with Gasteiger partial charge < -0.3 is 10.1 Å². The molecule has 1 N–H and O–H groups in total. The van der Waals surface area contributed by atoms with Crippen LogP contribution in [-0.4, -0.2) is 25.3 Å². The molecule has 0 aromatic rings. The van der Waals surface area contributed by atoms with Crippen molar-refractivity contribution in [2.45, 2.75) is 72.4 Å². The molecule has 1 saturated carbocycles. The summed E-state index contributed by atoms with van der Waals surface area (Å²) in [5.74, 6) is 2.32. The molecule has 0 spiro atoms. The van der Waals surface area contributed by atoms with Crippen LogP contribution in [0.2, 0.25) is 0 Å². The van der Waals surface area contributed by atoms with E-state index in [1.807, 2.05) is 0 Å². The van der Waals surface area contributed by atoms with Gasteiger partial charge in [0.2, 0.25) is 0 Å². The maximum absolute atomic E-state index is 6.04. The van der Waals surface area contributed by atoms with E-state index in [2.05, 4.69) is 39.9 Å². The predicted octanol–water partition coefficient (Wildman–Crippen LogP) is 3.85. The highest BCUT2D eigenvalue weighted by atomic mass is 16.5. The van der Waals surface area contributed by atoms with Crippen LogP contribution in [0.3, 0.4) is 0 Å². The summed E-state index contributed by atoms with van der Waals surface area (Å²) in [5, 5.41) is 3.71. The highest BCUT2D eigenvalue weighted by molar-refractivity contribution is 4.88. The molecule has 2 unspecified atom stereocenters. The molecule has 0 aromatic carbocycles. The van der Waals surface area contributed by atoms with Crippen LogP contribution in [0.5, 0.6) is 0 Å². The molecule has 2 nitrogen and oxygen atoms in total. The first kappa shape index (κ1) is 16.0. The van der Waals surface area contributed by atoms with E-state index in [4.69, 9.17) is 4.74 Å². The summed E-state index contributed by atoms with van der Waals surface area (Å²) in [4.78, 5) is 0. The van der Waals surface area contributed by atoms with Gasteiger partial charge in [0.25, 0.3) is 0 Å². The van der Waals surface area contributed by atoms with Gasteiger partial charge in [0.1, 0.15) is 0 Å². The van der Waals surface area contributed by atoms with Crippen molar-refractivity contribution in [1.29, 1.82) is 0 Å². The van der Waals surface area contributed by atoms with Gasteiger partial charge in [-0.3, -0.25) is 0 Å². The van der Waals surface area contributed by atoms with Gasteiger partial charge in [0, 0.05) is 12.6 Å². The molecule has 1 aliphatic carbocycles. The van der Waals surface area contributed by atoms with E-state index in [9.17, 15) is 0 Å². The van der Waals surface area contributed by atoms with Crippen molar-refractivity contribution in [3.63, 3.8) is 0 Å². The molecule has 1 aliphatic rings. The summed E-state index contributed by atoms with van der Waals surface area (Å²) in [5.41, 5.74) is 0. The van der Waals surface area contributed by atoms with Crippen molar-refractivity contribution in [1.82, 2.24) is 5.32 Å². The quantitative estimate of drug-likeness (QED) is 0.746. The molecule has 1 rings (SSSR count). The van der Waals surface area contributed by atoms with Crippen LogP contribution in [0.15, 0.2) is 0 Å². The van der Waals surface area contributed by atoms with Crippen molar-refractivity contribution in [2.75, 3.05) is 13.2 Å². The Morgan fingerprint density at radius 3 is 2.17 bits per heavy atom. The fraction of sp³-hybridized carbons (Fsp3) is 1.00. The molecule has 1 fully saturated rings. The van der Waals surface area contributed by atoms with Crippen molar-refractivity contribution in [3.05, 3.63) is 0 Å². The maximum atomic E-state index is 6.04. The second kappa shape index (κ2) is 8.16. The zero-order chi connectivity index (χ0) is 13.5. The maximum Gasteiger partial charge on any atom is 0.0753 e. The molecule has 0 aromatic heterocycles. The molecule has 2 atom stereocenters. The summed E-state index contributed by atoms with van der Waals surface area (Å²) in [6.45, 7) is 13.2. The minimum absolute atomic E-state index is 0.369. The summed E-state index contributed by atoms with van der Waals surface area (Å²) in [7, 11) is 0. The topological polar surface area (TPSA) is 21.3 Å². The third kappa shape index (κ3) is 4.55. The van der Waals surface area contributed by atoms with Crippen molar-refractivity contribution in [2.24, 2.45) is 17.8 Å². The van der Waals surface area contributed by atoms with E-state index < -0.39 is 0 Å². The molecule has 0 amide bonds. The fourth-order valence-corrected chi connectivity index (χ4v) is 3.33. The first-order valence-electron chi connectivity index (χ1n) is 7.95. The van der Waals surface area contributed by atoms with E-state index in [1.54, 1.807) is 0 Å². The van der Waals surface area contributed by atoms with Gasteiger partial charge in [0.15, 0.2) is 0 Å². The van der Waals surface area contributed by atoms with Gasteiger partial charge in [-0.05, 0) is 44.1 Å². The van der Waals surface area contributed by atoms with E-state index in [-0.39, 0.29) is 0 Å². The van der Waals surface area contributed by atoms with E-state index in [0.29, 0.717) is 18.1 Å². The number of hydrogen-bond acceptors (Lipinski definition) is 2. The molecule has 0 bridgehead atoms. The van der Waals surface area contributed by atoms with Crippen LogP contribution in [0.25, 0.3) is 0 Å². The zero-order valence-corrected chi connectivity index (χ0v) is 13.0. The molecule has 0 aliphatic heterocycles. The standard InChI is InChI=1S/C16H33NO/c1-6-17-15(16(12(3)4)18-7-2)14-10-8-13(5)9-11-14/h12-17H,6-11H2,1-5H3. The molecular weight excluding hydrogens is 222 g/mol. The smallest absolute Gasteiger partial charge is 0.0753 e. The second-order valence-corrected chi connectivity index (χ2v) is 6.27. The monoisotopic (exact) mass is 255 g/mol. The number of hydrogen-bond donors (Lipinski definition) is 1. The Kier molecular flexibility index (Phi) is 7.25. The number of rotatable bonds is 7. The largest absolute Gasteiger partial charge is 0.377 e. The predicted molar refractivity (Wildman–Crippen MR) is 78.8 cm³/mol. The normalized spacial score (nSPS) is 28.3. The van der Waals surface area contributed by atoms with Crippen LogP contribution >= 0.6 is 0 Å². The summed E-state index contributed by atoms with van der Waals surface area (Å²) in [6.07, 6.45) is 5.89. The number of likely N-dealkylation sites (N-methyl/N-ethyl adjacent to an activating group) is 1. The zero-order valence-electron chi connectivity index (χ0n) is 13.0. The molecule has 18 heavy (non-hydrogen) atoms. The van der Waals surface area contributed by atoms with Crippen LogP contribution in [0.4, 0.5) is 0 Å². The summed E-state index contributed by atoms with van der Waals surface area (Å²) < 4.78 is 6.04. The Morgan fingerprint density at radius 1 is 1.11 bits per heavy atom. The highest BCUT2D eigenvalue weighted by Crippen LogP contribution is 2.33. The molecule has 0 heterocycles. The van der Waals surface area contributed by atoms with E-state index >= 15 is 0 Å². The Labute approximate surface area is 114 Å². The Morgan fingerprint density at radius 2 is 1.72 bits per heavy atom. The minimum atomic E-state index is 0.369. The third-order valence-electron chi connectivity index (χ3n) is 4.38. The van der Waals surface area contributed by atoms with Gasteiger partial charge in [0.05, 0.1) is 6.10 Å². The Bertz CT molecular complexity index is 209. The van der Waals surface area contributed by atoms with Gasteiger partial charge >= 0.3 is 0 Å². The van der Waals surface area contributed by atoms with Crippen LogP contribution < -0.4 is 5.32 Å². The lowest BCUT2D eigenvalue weighted by atomic mass is 9.76. The Hall–Kier alpha value is -0.0800. The van der Waals surface area contributed by atoms with Crippen LogP contribution in [0, 0.1) is 17.8 Å². The second-order valence-electron chi connectivity index (χ2n) is 6.27. The lowest BCUT2D eigenvalue weighted by molar-refractivity contribution is -0.0180. The molecule has 108 valence electrons. The van der Waals surface area contributed by atoms with E-state index in [1.165, 1.54) is 25.7 Å². The number of nitrogens with one attached hydrogen (secondary N) is 1. The average Bonchev–Trinajstić information content (AvgIpc) is 2.34. The van der Waals surface area contributed by atoms with Crippen LogP contribution in [0.1, 0.15) is 60.3 Å². The van der Waals surface area contributed by atoms with Gasteiger partial charge in [-0.15, -0.1) is 0 Å². The van der Waals surface area contributed by atoms with Crippen molar-refractivity contribution in [3.8, 4) is 0 Å². The highest BCUT2D eigenvalue weighted by Gasteiger charge is 2.33. The third-order valence-corrected chi connectivity index (χ3v) is 4.38. The molecule has 0 saturated heterocycles. The van der Waals surface area contributed by atoms with Crippen molar-refractivity contribution < 1.29 is 4.74 Å². The SMILES string of the molecule is CCNC(C1CCC(C)CC1)C(OCC)C(C)C. The van der Waals surface area contributed by atoms with E-state index in [0.717, 1.165) is 25.0 Å². The van der Waals surface area contributed by atoms with Gasteiger partial charge in [-0.2, -0.15) is 0 Å². The lowest BCUT2D eigenvalue weighted by Gasteiger charge is -2.39. The lowest BCUT2D eigenvalue weighted by Crippen LogP contribution is -2.49. The molecule has 0 radical (unpaired) electrons. The molecular formula is C16H33NO. The Balaban J connectivity index is 2.66. The summed E-state index contributed by atoms with van der Waals surface area (Å²) in [6, 6.07) is 0.544. The van der Waals surface area contributed by atoms with Crippen molar-refractivity contribution >= 4 is 0 Å². The van der Waals surface area contributed by atoms with Crippen LogP contribution in [-0.2, 0) is 4.74 Å². The first-order chi connectivity index (χ1) is 8.60. The fourth-order valence-electron chi connectivity index (χ4n) is 3.33. The summed E-state index contributed by atoms with van der Waals surface area (Å²) >= 11 is 0. The minimum Gasteiger partial charge on any atom is -0.377 e. The van der Waals surface area contributed by atoms with Gasteiger partial charge in [-0.1, -0.05) is 40.5 Å². The average molecular weight is 255 g/mol.